The van der Waals surface area contributed by atoms with Crippen LogP contribution in [0.5, 0.6) is 11.5 Å². The minimum absolute atomic E-state index is 0.154. The molecule has 3 N–H and O–H groups in total. The molecule has 1 unspecified atom stereocenters. The Kier molecular flexibility index (Phi) is 21.4. The molecule has 9 heteroatoms. The maximum atomic E-state index is 13.6. The van der Waals surface area contributed by atoms with Gasteiger partial charge in [0.05, 0.1) is 27.4 Å². The number of carbonyl (C=O) groups excluding carboxylic acids is 2. The molecule has 0 saturated heterocycles. The highest BCUT2D eigenvalue weighted by molar-refractivity contribution is 5.92. The van der Waals surface area contributed by atoms with Crippen molar-refractivity contribution in [3.63, 3.8) is 0 Å². The molecule has 9 nitrogen and oxygen atoms in total. The van der Waals surface area contributed by atoms with Gasteiger partial charge in [0.15, 0.2) is 0 Å². The van der Waals surface area contributed by atoms with E-state index in [1.807, 2.05) is 78.9 Å². The summed E-state index contributed by atoms with van der Waals surface area (Å²) in [5.41, 5.74) is 7.01. The Bertz CT molecular complexity index is 1390. The molecule has 54 heavy (non-hydrogen) atoms. The molecule has 298 valence electrons. The van der Waals surface area contributed by atoms with Gasteiger partial charge in [-0.3, -0.25) is 4.79 Å². The quantitative estimate of drug-likeness (QED) is 0.0557. The van der Waals surface area contributed by atoms with Crippen LogP contribution in [0, 0.1) is 0 Å². The number of nitrogens with two attached hydrogens (primary N) is 1. The number of amides is 2. The number of benzene rings is 3. The van der Waals surface area contributed by atoms with E-state index >= 15 is 0 Å². The number of aliphatic hydroxyl groups excluding tert-OH is 1. The van der Waals surface area contributed by atoms with Crippen LogP contribution in [-0.4, -0.2) is 68.6 Å². The van der Waals surface area contributed by atoms with Crippen LogP contribution < -0.4 is 15.2 Å². The van der Waals surface area contributed by atoms with Crippen LogP contribution in [0.25, 0.3) is 0 Å². The number of rotatable bonds is 28. The average Bonchev–Trinajstić information content (AvgIpc) is 3.21. The van der Waals surface area contributed by atoms with E-state index in [1.165, 1.54) is 69.1 Å². The Morgan fingerprint density at radius 1 is 0.667 bits per heavy atom. The molecule has 3 aromatic carbocycles. The molecule has 0 aromatic heterocycles. The van der Waals surface area contributed by atoms with Crippen LogP contribution in [0.15, 0.2) is 78.9 Å². The number of carbonyl (C=O) groups is 2. The van der Waals surface area contributed by atoms with Crippen LogP contribution in [0.3, 0.4) is 0 Å². The van der Waals surface area contributed by atoms with Crippen molar-refractivity contribution in [2.24, 2.45) is 5.73 Å². The van der Waals surface area contributed by atoms with Gasteiger partial charge in [-0.2, -0.15) is 0 Å². The standard InChI is InChI=1S/C45H66N2O7/c1-4-5-6-7-8-9-10-11-12-13-14-15-19-24-43(49)47(34-21-20-33-46)44(50)54-42(35-48)36-53-45(37-22-17-16-18-23-37,38-25-29-40(51-2)30-26-38)39-27-31-41(52-3)32-28-39/h16-18,22-23,25-32,42,48H,4-15,19-21,24,33-36,46H2,1-3H3. The van der Waals surface area contributed by atoms with Crippen LogP contribution in [-0.2, 0) is 19.9 Å². The third kappa shape index (κ3) is 14.4. The Balaban J connectivity index is 1.67. The first kappa shape index (κ1) is 44.5. The van der Waals surface area contributed by atoms with Crippen LogP contribution in [0.4, 0.5) is 4.79 Å². The molecule has 0 radical (unpaired) electrons. The van der Waals surface area contributed by atoms with Crippen LogP contribution in [0.1, 0.15) is 126 Å². The van der Waals surface area contributed by atoms with Crippen molar-refractivity contribution in [1.29, 1.82) is 0 Å². The summed E-state index contributed by atoms with van der Waals surface area (Å²) in [6.45, 7) is 2.27. The van der Waals surface area contributed by atoms with Crippen molar-refractivity contribution < 1.29 is 33.6 Å². The maximum absolute atomic E-state index is 13.6. The van der Waals surface area contributed by atoms with Crippen LogP contribution in [0.2, 0.25) is 0 Å². The number of nitrogens with zero attached hydrogens (tertiary/aromatic N) is 1. The lowest BCUT2D eigenvalue weighted by atomic mass is 9.80. The molecule has 0 aliphatic carbocycles. The van der Waals surface area contributed by atoms with Crippen molar-refractivity contribution in [2.75, 3.05) is 40.5 Å². The molecule has 1 atom stereocenters. The van der Waals surface area contributed by atoms with Gasteiger partial charge >= 0.3 is 6.09 Å². The van der Waals surface area contributed by atoms with E-state index in [2.05, 4.69) is 6.92 Å². The number of ether oxygens (including phenoxy) is 4. The largest absolute Gasteiger partial charge is 0.497 e. The second-order valence-electron chi connectivity index (χ2n) is 14.0. The zero-order chi connectivity index (χ0) is 38.9. The topological polar surface area (TPSA) is 121 Å². The summed E-state index contributed by atoms with van der Waals surface area (Å²) in [4.78, 5) is 28.2. The summed E-state index contributed by atoms with van der Waals surface area (Å²) >= 11 is 0. The summed E-state index contributed by atoms with van der Waals surface area (Å²) in [7, 11) is 3.23. The fourth-order valence-electron chi connectivity index (χ4n) is 6.78. The fraction of sp³-hybridized carbons (Fsp3) is 0.556. The van der Waals surface area contributed by atoms with E-state index in [0.29, 0.717) is 37.3 Å². The van der Waals surface area contributed by atoms with E-state index in [4.69, 9.17) is 24.7 Å². The SMILES string of the molecule is CCCCCCCCCCCCCCCC(=O)N(CCCCN)C(=O)OC(CO)COC(c1ccccc1)(c1ccc(OC)cc1)c1ccc(OC)cc1. The molecule has 2 amide bonds. The molecule has 3 rings (SSSR count). The Hall–Kier alpha value is -3.92. The summed E-state index contributed by atoms with van der Waals surface area (Å²) in [6.07, 6.45) is 15.4. The molecular formula is C45H66N2O7. The van der Waals surface area contributed by atoms with E-state index in [-0.39, 0.29) is 25.5 Å². The molecule has 0 aliphatic heterocycles. The van der Waals surface area contributed by atoms with Crippen molar-refractivity contribution >= 4 is 12.0 Å². The first-order valence-corrected chi connectivity index (χ1v) is 20.2. The van der Waals surface area contributed by atoms with Gasteiger partial charge in [0.1, 0.15) is 23.2 Å². The number of unbranched alkanes of at least 4 members (excludes halogenated alkanes) is 13. The zero-order valence-corrected chi connectivity index (χ0v) is 33.1. The van der Waals surface area contributed by atoms with E-state index in [1.54, 1.807) is 14.2 Å². The third-order valence-corrected chi connectivity index (χ3v) is 9.98. The highest BCUT2D eigenvalue weighted by atomic mass is 16.6. The molecular weight excluding hydrogens is 681 g/mol. The van der Waals surface area contributed by atoms with Crippen molar-refractivity contribution in [1.82, 2.24) is 4.90 Å². The Morgan fingerprint density at radius 2 is 1.15 bits per heavy atom. The second-order valence-corrected chi connectivity index (χ2v) is 14.0. The van der Waals surface area contributed by atoms with Gasteiger partial charge in [0.2, 0.25) is 5.91 Å². The van der Waals surface area contributed by atoms with Gasteiger partial charge in [0.25, 0.3) is 0 Å². The average molecular weight is 747 g/mol. The maximum Gasteiger partial charge on any atom is 0.416 e. The Labute approximate surface area is 324 Å². The van der Waals surface area contributed by atoms with Gasteiger partial charge < -0.3 is 29.8 Å². The number of hydrogen-bond acceptors (Lipinski definition) is 8. The number of imide groups is 1. The van der Waals surface area contributed by atoms with E-state index in [0.717, 1.165) is 29.5 Å². The van der Waals surface area contributed by atoms with Gasteiger partial charge in [-0.25, -0.2) is 9.69 Å². The van der Waals surface area contributed by atoms with E-state index in [9.17, 15) is 14.7 Å². The summed E-state index contributed by atoms with van der Waals surface area (Å²) in [5, 5.41) is 10.5. The van der Waals surface area contributed by atoms with Crippen molar-refractivity contribution in [3.8, 4) is 11.5 Å². The number of methoxy groups -OCH3 is 2. The smallest absolute Gasteiger partial charge is 0.416 e. The minimum Gasteiger partial charge on any atom is -0.497 e. The lowest BCUT2D eigenvalue weighted by molar-refractivity contribution is -0.131. The minimum atomic E-state index is -1.16. The number of aliphatic hydroxyl groups is 1. The highest BCUT2D eigenvalue weighted by Gasteiger charge is 2.39. The summed E-state index contributed by atoms with van der Waals surface area (Å²) < 4.78 is 23.6. The zero-order valence-electron chi connectivity index (χ0n) is 33.1. The first-order chi connectivity index (χ1) is 26.4. The second kappa shape index (κ2) is 26.0. The Morgan fingerprint density at radius 3 is 1.61 bits per heavy atom. The molecule has 0 bridgehead atoms. The van der Waals surface area contributed by atoms with Crippen LogP contribution >= 0.6 is 0 Å². The lowest BCUT2D eigenvalue weighted by Gasteiger charge is -2.37. The van der Waals surface area contributed by atoms with Crippen molar-refractivity contribution in [2.45, 2.75) is 121 Å². The van der Waals surface area contributed by atoms with Crippen molar-refractivity contribution in [3.05, 3.63) is 95.6 Å². The fourth-order valence-corrected chi connectivity index (χ4v) is 6.78. The molecule has 0 saturated carbocycles. The predicted octanol–water partition coefficient (Wildman–Crippen LogP) is 9.56. The third-order valence-electron chi connectivity index (χ3n) is 9.98. The highest BCUT2D eigenvalue weighted by Crippen LogP contribution is 2.42. The van der Waals surface area contributed by atoms with Gasteiger partial charge in [-0.15, -0.1) is 0 Å². The molecule has 0 aliphatic rings. The molecule has 0 fully saturated rings. The number of hydrogen-bond donors (Lipinski definition) is 2. The van der Waals surface area contributed by atoms with Gasteiger partial charge in [0, 0.05) is 13.0 Å². The molecule has 3 aromatic rings. The first-order valence-electron chi connectivity index (χ1n) is 20.2. The van der Waals surface area contributed by atoms with E-state index < -0.39 is 24.4 Å². The summed E-state index contributed by atoms with van der Waals surface area (Å²) in [5.74, 6) is 1.11. The molecule has 0 heterocycles. The molecule has 0 spiro atoms. The van der Waals surface area contributed by atoms with Gasteiger partial charge in [-0.1, -0.05) is 139 Å². The monoisotopic (exact) mass is 746 g/mol. The van der Waals surface area contributed by atoms with Gasteiger partial charge in [-0.05, 0) is 66.8 Å². The normalized spacial score (nSPS) is 11.9. The lowest BCUT2D eigenvalue weighted by Crippen LogP contribution is -2.43. The summed E-state index contributed by atoms with van der Waals surface area (Å²) in [6, 6.07) is 25.0. The predicted molar refractivity (Wildman–Crippen MR) is 216 cm³/mol.